The fourth-order valence-corrected chi connectivity index (χ4v) is 3.84. The number of nitrogens with zero attached hydrogens (tertiary/aromatic N) is 1. The van der Waals surface area contributed by atoms with E-state index in [0.717, 1.165) is 11.3 Å². The Kier molecular flexibility index (Phi) is 5.29. The highest BCUT2D eigenvalue weighted by Crippen LogP contribution is 2.27. The second kappa shape index (κ2) is 7.47. The number of carbonyl (C=O) groups excluding carboxylic acids is 1. The number of aryl methyl sites for hydroxylation is 1. The lowest BCUT2D eigenvalue weighted by molar-refractivity contribution is -0.117. The molecule has 1 saturated heterocycles. The van der Waals surface area contributed by atoms with E-state index in [1.54, 1.807) is 36.3 Å². The van der Waals surface area contributed by atoms with Gasteiger partial charge in [0.25, 0.3) is 10.1 Å². The number of ether oxygens (including phenoxy) is 1. The molecule has 0 N–H and O–H groups in total. The number of carbonyl (C=O) groups is 1. The van der Waals surface area contributed by atoms with E-state index in [1.807, 2.05) is 19.1 Å². The van der Waals surface area contributed by atoms with Crippen molar-refractivity contribution in [1.29, 1.82) is 0 Å². The maximum atomic E-state index is 12.3. The molecule has 1 unspecified atom stereocenters. The molecule has 2 aromatic rings. The molecule has 3 rings (SSSR count). The monoisotopic (exact) mass is 375 g/mol. The molecule has 26 heavy (non-hydrogen) atoms. The first-order chi connectivity index (χ1) is 12.4. The Hall–Kier alpha value is -2.38. The van der Waals surface area contributed by atoms with Crippen molar-refractivity contribution in [3.05, 3.63) is 54.1 Å². The highest BCUT2D eigenvalue weighted by Gasteiger charge is 2.32. The van der Waals surface area contributed by atoms with Gasteiger partial charge in [-0.05, 0) is 43.3 Å². The summed E-state index contributed by atoms with van der Waals surface area (Å²) in [5.74, 6) is 0.491. The number of benzene rings is 2. The summed E-state index contributed by atoms with van der Waals surface area (Å²) >= 11 is 0. The topological polar surface area (TPSA) is 72.9 Å². The average molecular weight is 375 g/mol. The number of methoxy groups -OCH3 is 1. The van der Waals surface area contributed by atoms with Crippen molar-refractivity contribution in [2.75, 3.05) is 25.2 Å². The Morgan fingerprint density at radius 2 is 1.73 bits per heavy atom. The molecule has 7 heteroatoms. The van der Waals surface area contributed by atoms with Gasteiger partial charge in [-0.1, -0.05) is 17.7 Å². The van der Waals surface area contributed by atoms with Crippen molar-refractivity contribution in [3.8, 4) is 5.75 Å². The van der Waals surface area contributed by atoms with Crippen molar-refractivity contribution in [2.45, 2.75) is 18.2 Å². The van der Waals surface area contributed by atoms with Gasteiger partial charge in [-0.2, -0.15) is 8.42 Å². The molecule has 0 bridgehead atoms. The number of rotatable bonds is 6. The Morgan fingerprint density at radius 3 is 2.35 bits per heavy atom. The summed E-state index contributed by atoms with van der Waals surface area (Å²) in [6, 6.07) is 13.7. The van der Waals surface area contributed by atoms with Crippen LogP contribution in [0.5, 0.6) is 5.75 Å². The largest absolute Gasteiger partial charge is 0.497 e. The van der Waals surface area contributed by atoms with Crippen LogP contribution in [0.25, 0.3) is 0 Å². The van der Waals surface area contributed by atoms with Gasteiger partial charge in [-0.15, -0.1) is 0 Å². The molecular weight excluding hydrogens is 354 g/mol. The van der Waals surface area contributed by atoms with Gasteiger partial charge in [0.1, 0.15) is 5.75 Å². The first kappa shape index (κ1) is 18.4. The maximum Gasteiger partial charge on any atom is 0.296 e. The van der Waals surface area contributed by atoms with Crippen molar-refractivity contribution in [3.63, 3.8) is 0 Å². The van der Waals surface area contributed by atoms with Crippen LogP contribution >= 0.6 is 0 Å². The predicted molar refractivity (Wildman–Crippen MR) is 97.8 cm³/mol. The average Bonchev–Trinajstić information content (AvgIpc) is 3.01. The van der Waals surface area contributed by atoms with Crippen molar-refractivity contribution < 1.29 is 22.1 Å². The molecule has 1 amide bonds. The lowest BCUT2D eigenvalue weighted by Crippen LogP contribution is -2.25. The Labute approximate surface area is 153 Å². The highest BCUT2D eigenvalue weighted by atomic mass is 32.2. The molecule has 1 fully saturated rings. The number of anilines is 1. The lowest BCUT2D eigenvalue weighted by Gasteiger charge is -2.17. The normalized spacial score (nSPS) is 17.5. The van der Waals surface area contributed by atoms with E-state index < -0.39 is 10.1 Å². The van der Waals surface area contributed by atoms with E-state index in [1.165, 1.54) is 12.1 Å². The zero-order valence-electron chi connectivity index (χ0n) is 14.7. The molecule has 1 aliphatic heterocycles. The van der Waals surface area contributed by atoms with Gasteiger partial charge in [0, 0.05) is 24.6 Å². The second-order valence-corrected chi connectivity index (χ2v) is 7.94. The zero-order chi connectivity index (χ0) is 18.7. The standard InChI is InChI=1S/C19H21NO5S/c1-14-3-9-18(10-4-14)26(22,23)25-13-15-11-19(21)20(12-15)16-5-7-17(24-2)8-6-16/h3-10,15H,11-13H2,1-2H3. The first-order valence-corrected chi connectivity index (χ1v) is 9.70. The predicted octanol–water partition coefficient (Wildman–Crippen LogP) is 2.76. The summed E-state index contributed by atoms with van der Waals surface area (Å²) in [6.07, 6.45) is 0.259. The van der Waals surface area contributed by atoms with Crippen LogP contribution in [0, 0.1) is 12.8 Å². The molecule has 6 nitrogen and oxygen atoms in total. The molecule has 0 spiro atoms. The van der Waals surface area contributed by atoms with Gasteiger partial charge in [0.2, 0.25) is 5.91 Å². The molecule has 0 saturated carbocycles. The molecule has 138 valence electrons. The SMILES string of the molecule is COc1ccc(N2CC(COS(=O)(=O)c3ccc(C)cc3)CC2=O)cc1. The quantitative estimate of drug-likeness (QED) is 0.726. The third kappa shape index (κ3) is 4.05. The summed E-state index contributed by atoms with van der Waals surface area (Å²) in [4.78, 5) is 14.0. The number of hydrogen-bond donors (Lipinski definition) is 0. The molecular formula is C19H21NO5S. The summed E-state index contributed by atoms with van der Waals surface area (Å²) in [5, 5.41) is 0. The van der Waals surface area contributed by atoms with E-state index >= 15 is 0 Å². The van der Waals surface area contributed by atoms with Crippen molar-refractivity contribution >= 4 is 21.7 Å². The molecule has 0 radical (unpaired) electrons. The van der Waals surface area contributed by atoms with Gasteiger partial charge >= 0.3 is 0 Å². The van der Waals surface area contributed by atoms with Crippen molar-refractivity contribution in [2.24, 2.45) is 5.92 Å². The number of amides is 1. The fraction of sp³-hybridized carbons (Fsp3) is 0.316. The van der Waals surface area contributed by atoms with Gasteiger partial charge in [-0.3, -0.25) is 8.98 Å². The van der Waals surface area contributed by atoms with Gasteiger partial charge in [-0.25, -0.2) is 0 Å². The molecule has 1 aliphatic rings. The van der Waals surface area contributed by atoms with Gasteiger partial charge in [0.15, 0.2) is 0 Å². The van der Waals surface area contributed by atoms with Gasteiger partial charge < -0.3 is 9.64 Å². The van der Waals surface area contributed by atoms with Crippen LogP contribution in [0.2, 0.25) is 0 Å². The van der Waals surface area contributed by atoms with E-state index in [0.29, 0.717) is 12.3 Å². The van der Waals surface area contributed by atoms with Crippen molar-refractivity contribution in [1.82, 2.24) is 0 Å². The van der Waals surface area contributed by atoms with E-state index in [4.69, 9.17) is 8.92 Å². The van der Waals surface area contributed by atoms with Crippen LogP contribution in [0.15, 0.2) is 53.4 Å². The third-order valence-corrected chi connectivity index (χ3v) is 5.65. The fourth-order valence-electron chi connectivity index (χ4n) is 2.86. The van der Waals surface area contributed by atoms with Crippen LogP contribution in [-0.4, -0.2) is 34.6 Å². The smallest absolute Gasteiger partial charge is 0.296 e. The highest BCUT2D eigenvalue weighted by molar-refractivity contribution is 7.86. The van der Waals surface area contributed by atoms with E-state index in [-0.39, 0.29) is 29.7 Å². The minimum atomic E-state index is -3.82. The summed E-state index contributed by atoms with van der Waals surface area (Å²) < 4.78 is 34.8. The maximum absolute atomic E-state index is 12.3. The van der Waals surface area contributed by atoms with Crippen LogP contribution < -0.4 is 9.64 Å². The molecule has 0 aromatic heterocycles. The van der Waals surface area contributed by atoms with Crippen LogP contribution in [0.3, 0.4) is 0 Å². The molecule has 1 heterocycles. The second-order valence-electron chi connectivity index (χ2n) is 6.32. The molecule has 0 aliphatic carbocycles. The Balaban J connectivity index is 1.62. The van der Waals surface area contributed by atoms with E-state index in [9.17, 15) is 13.2 Å². The number of hydrogen-bond acceptors (Lipinski definition) is 5. The first-order valence-electron chi connectivity index (χ1n) is 8.29. The molecule has 1 atom stereocenters. The van der Waals surface area contributed by atoms with Crippen LogP contribution in [0.4, 0.5) is 5.69 Å². The van der Waals surface area contributed by atoms with Crippen LogP contribution in [-0.2, 0) is 19.1 Å². The van der Waals surface area contributed by atoms with Gasteiger partial charge in [0.05, 0.1) is 18.6 Å². The van der Waals surface area contributed by atoms with Crippen LogP contribution in [0.1, 0.15) is 12.0 Å². The zero-order valence-corrected chi connectivity index (χ0v) is 15.5. The summed E-state index contributed by atoms with van der Waals surface area (Å²) in [5.41, 5.74) is 1.74. The summed E-state index contributed by atoms with van der Waals surface area (Å²) in [7, 11) is -2.24. The van der Waals surface area contributed by atoms with E-state index in [2.05, 4.69) is 0 Å². The summed E-state index contributed by atoms with van der Waals surface area (Å²) in [6.45, 7) is 2.29. The Morgan fingerprint density at radius 1 is 1.08 bits per heavy atom. The Bertz CT molecular complexity index is 875. The minimum Gasteiger partial charge on any atom is -0.497 e. The molecule has 2 aromatic carbocycles. The third-order valence-electron chi connectivity index (χ3n) is 4.36. The minimum absolute atomic E-state index is 0.0192. The lowest BCUT2D eigenvalue weighted by atomic mass is 10.1.